The van der Waals surface area contributed by atoms with Gasteiger partial charge < -0.3 is 5.32 Å². The summed E-state index contributed by atoms with van der Waals surface area (Å²) in [7, 11) is 0. The Hall–Kier alpha value is -0.900. The van der Waals surface area contributed by atoms with Gasteiger partial charge in [-0.3, -0.25) is 0 Å². The van der Waals surface area contributed by atoms with Crippen molar-refractivity contribution in [2.75, 3.05) is 6.54 Å². The molecule has 4 heteroatoms. The van der Waals surface area contributed by atoms with Gasteiger partial charge in [-0.25, -0.2) is 9.67 Å². The molecule has 0 aliphatic heterocycles. The van der Waals surface area contributed by atoms with Crippen molar-refractivity contribution in [1.29, 1.82) is 0 Å². The molecular formula is C15H30N4. The van der Waals surface area contributed by atoms with Gasteiger partial charge in [0, 0.05) is 18.0 Å². The van der Waals surface area contributed by atoms with Crippen LogP contribution in [0, 0.1) is 5.92 Å². The van der Waals surface area contributed by atoms with E-state index in [2.05, 4.69) is 56.9 Å². The average molecular weight is 266 g/mol. The monoisotopic (exact) mass is 266 g/mol. The Balaban J connectivity index is 2.64. The summed E-state index contributed by atoms with van der Waals surface area (Å²) < 4.78 is 2.04. The van der Waals surface area contributed by atoms with Crippen molar-refractivity contribution < 1.29 is 0 Å². The minimum absolute atomic E-state index is 0.178. The van der Waals surface area contributed by atoms with E-state index in [4.69, 9.17) is 0 Å². The van der Waals surface area contributed by atoms with Gasteiger partial charge in [0.05, 0.1) is 0 Å². The van der Waals surface area contributed by atoms with E-state index in [1.165, 1.54) is 12.8 Å². The van der Waals surface area contributed by atoms with E-state index < -0.39 is 0 Å². The van der Waals surface area contributed by atoms with E-state index in [0.29, 0.717) is 12.0 Å². The Morgan fingerprint density at radius 1 is 1.32 bits per heavy atom. The molecule has 1 unspecified atom stereocenters. The van der Waals surface area contributed by atoms with Crippen molar-refractivity contribution in [3.05, 3.63) is 12.2 Å². The van der Waals surface area contributed by atoms with Crippen LogP contribution in [0.5, 0.6) is 0 Å². The van der Waals surface area contributed by atoms with Gasteiger partial charge in [0.15, 0.2) is 0 Å². The third kappa shape index (κ3) is 5.72. The van der Waals surface area contributed by atoms with Crippen LogP contribution in [0.25, 0.3) is 0 Å². The van der Waals surface area contributed by atoms with Gasteiger partial charge in [-0.05, 0) is 53.5 Å². The minimum Gasteiger partial charge on any atom is -0.312 e. The van der Waals surface area contributed by atoms with Gasteiger partial charge in [0.25, 0.3) is 0 Å². The first-order valence-electron chi connectivity index (χ1n) is 7.47. The van der Waals surface area contributed by atoms with E-state index in [0.717, 1.165) is 18.8 Å². The molecule has 0 aromatic carbocycles. The third-order valence-electron chi connectivity index (χ3n) is 3.23. The molecule has 0 fully saturated rings. The first kappa shape index (κ1) is 16.2. The largest absolute Gasteiger partial charge is 0.312 e. The summed E-state index contributed by atoms with van der Waals surface area (Å²) in [6.07, 6.45) is 5.13. The number of nitrogens with zero attached hydrogens (tertiary/aromatic N) is 3. The first-order chi connectivity index (χ1) is 8.83. The Kier molecular flexibility index (Phi) is 5.98. The lowest BCUT2D eigenvalue weighted by Crippen LogP contribution is -2.39. The van der Waals surface area contributed by atoms with Crippen molar-refractivity contribution in [3.63, 3.8) is 0 Å². The van der Waals surface area contributed by atoms with Crippen LogP contribution >= 0.6 is 0 Å². The molecule has 0 saturated carbocycles. The molecule has 0 aliphatic carbocycles. The normalized spacial score (nSPS) is 14.1. The van der Waals surface area contributed by atoms with E-state index in [1.54, 1.807) is 6.33 Å². The molecule has 19 heavy (non-hydrogen) atoms. The van der Waals surface area contributed by atoms with Crippen molar-refractivity contribution in [2.45, 2.75) is 72.4 Å². The predicted octanol–water partition coefficient (Wildman–Crippen LogP) is 3.21. The Labute approximate surface area is 118 Å². The number of nitrogens with one attached hydrogen (secondary N) is 1. The summed E-state index contributed by atoms with van der Waals surface area (Å²) in [5.41, 5.74) is 0.178. The molecule has 1 heterocycles. The lowest BCUT2D eigenvalue weighted by Gasteiger charge is -2.25. The molecule has 1 rings (SSSR count). The third-order valence-corrected chi connectivity index (χ3v) is 3.23. The zero-order valence-electron chi connectivity index (χ0n) is 13.4. The molecule has 0 bridgehead atoms. The number of aromatic nitrogens is 3. The topological polar surface area (TPSA) is 42.7 Å². The minimum atomic E-state index is 0.178. The summed E-state index contributed by atoms with van der Waals surface area (Å²) in [4.78, 5) is 4.43. The van der Waals surface area contributed by atoms with E-state index in [9.17, 15) is 0 Å². The van der Waals surface area contributed by atoms with Gasteiger partial charge in [0.1, 0.15) is 12.2 Å². The van der Waals surface area contributed by atoms with Crippen molar-refractivity contribution in [1.82, 2.24) is 20.1 Å². The molecule has 1 aromatic rings. The maximum atomic E-state index is 4.43. The molecule has 0 saturated heterocycles. The highest BCUT2D eigenvalue weighted by atomic mass is 15.3. The van der Waals surface area contributed by atoms with Crippen LogP contribution in [0.4, 0.5) is 0 Å². The fourth-order valence-electron chi connectivity index (χ4n) is 2.24. The summed E-state index contributed by atoms with van der Waals surface area (Å²) in [6, 6.07) is 0.385. The summed E-state index contributed by atoms with van der Waals surface area (Å²) in [5.74, 6) is 1.75. The number of hydrogen-bond donors (Lipinski definition) is 1. The zero-order valence-corrected chi connectivity index (χ0v) is 13.4. The highest BCUT2D eigenvalue weighted by molar-refractivity contribution is 4.90. The van der Waals surface area contributed by atoms with Gasteiger partial charge >= 0.3 is 0 Å². The molecule has 1 aromatic heterocycles. The fourth-order valence-corrected chi connectivity index (χ4v) is 2.24. The zero-order chi connectivity index (χ0) is 14.5. The lowest BCUT2D eigenvalue weighted by molar-refractivity contribution is 0.345. The molecule has 4 nitrogen and oxygen atoms in total. The van der Waals surface area contributed by atoms with Crippen LogP contribution in [0.15, 0.2) is 6.33 Å². The molecule has 1 N–H and O–H groups in total. The van der Waals surface area contributed by atoms with Crippen molar-refractivity contribution >= 4 is 0 Å². The van der Waals surface area contributed by atoms with Crippen molar-refractivity contribution in [2.24, 2.45) is 5.92 Å². The highest BCUT2D eigenvalue weighted by Gasteiger charge is 2.17. The van der Waals surface area contributed by atoms with E-state index in [-0.39, 0.29) is 5.54 Å². The molecule has 110 valence electrons. The Bertz CT molecular complexity index is 362. The maximum Gasteiger partial charge on any atom is 0.138 e. The van der Waals surface area contributed by atoms with Gasteiger partial charge in [-0.1, -0.05) is 13.3 Å². The maximum absolute atomic E-state index is 4.43. The highest BCUT2D eigenvalue weighted by Crippen LogP contribution is 2.15. The molecule has 0 aliphatic rings. The molecule has 1 atom stereocenters. The van der Waals surface area contributed by atoms with Crippen LogP contribution in [0.1, 0.15) is 66.3 Å². The van der Waals surface area contributed by atoms with E-state index in [1.807, 2.05) is 4.68 Å². The van der Waals surface area contributed by atoms with Crippen LogP contribution in [0.2, 0.25) is 0 Å². The van der Waals surface area contributed by atoms with Crippen LogP contribution in [0.3, 0.4) is 0 Å². The van der Waals surface area contributed by atoms with Gasteiger partial charge in [-0.15, -0.1) is 0 Å². The Morgan fingerprint density at radius 2 is 2.00 bits per heavy atom. The predicted molar refractivity (Wildman–Crippen MR) is 80.3 cm³/mol. The summed E-state index contributed by atoms with van der Waals surface area (Å²) in [5, 5.41) is 7.93. The van der Waals surface area contributed by atoms with Gasteiger partial charge in [0.2, 0.25) is 0 Å². The summed E-state index contributed by atoms with van der Waals surface area (Å²) in [6.45, 7) is 14.2. The first-order valence-corrected chi connectivity index (χ1v) is 7.47. The van der Waals surface area contributed by atoms with Crippen LogP contribution in [-0.2, 0) is 6.42 Å². The van der Waals surface area contributed by atoms with Crippen LogP contribution < -0.4 is 5.32 Å². The Morgan fingerprint density at radius 3 is 2.53 bits per heavy atom. The quantitative estimate of drug-likeness (QED) is 0.824. The SMILES string of the molecule is CCCC(CNC(C)(C)C)Cc1ncnn1C(C)C. The smallest absolute Gasteiger partial charge is 0.138 e. The standard InChI is InChI=1S/C15H30N4/c1-7-8-13(10-17-15(4,5)6)9-14-16-11-18-19(14)12(2)3/h11-13,17H,7-10H2,1-6H3. The molecule has 0 amide bonds. The second-order valence-corrected chi connectivity index (χ2v) is 6.70. The fraction of sp³-hybridized carbons (Fsp3) is 0.867. The number of hydrogen-bond acceptors (Lipinski definition) is 3. The average Bonchev–Trinajstić information content (AvgIpc) is 2.73. The summed E-state index contributed by atoms with van der Waals surface area (Å²) >= 11 is 0. The second-order valence-electron chi connectivity index (χ2n) is 6.70. The lowest BCUT2D eigenvalue weighted by atomic mass is 9.97. The van der Waals surface area contributed by atoms with Gasteiger partial charge in [-0.2, -0.15) is 5.10 Å². The van der Waals surface area contributed by atoms with Crippen LogP contribution in [-0.4, -0.2) is 26.8 Å². The van der Waals surface area contributed by atoms with E-state index >= 15 is 0 Å². The number of rotatable bonds is 7. The molecular weight excluding hydrogens is 236 g/mol. The molecule has 0 radical (unpaired) electrons. The second kappa shape index (κ2) is 7.04. The molecule has 0 spiro atoms. The van der Waals surface area contributed by atoms with Crippen molar-refractivity contribution in [3.8, 4) is 0 Å².